The third-order valence-corrected chi connectivity index (χ3v) is 5.16. The van der Waals surface area contributed by atoms with E-state index in [0.717, 1.165) is 10.5 Å². The lowest BCUT2D eigenvalue weighted by atomic mass is 10.1. The summed E-state index contributed by atoms with van der Waals surface area (Å²) in [7, 11) is 0. The predicted octanol–water partition coefficient (Wildman–Crippen LogP) is 4.68. The van der Waals surface area contributed by atoms with Crippen LogP contribution in [0.2, 0.25) is 0 Å². The second-order valence-electron chi connectivity index (χ2n) is 6.95. The Morgan fingerprint density at radius 1 is 0.839 bits per heavy atom. The molecule has 6 nitrogen and oxygen atoms in total. The smallest absolute Gasteiger partial charge is 0.283 e. The normalized spacial score (nSPS) is 13.5. The largest absolute Gasteiger partial charge is 0.350 e. The number of rotatable bonds is 5. The quantitative estimate of drug-likeness (QED) is 0.575. The van der Waals surface area contributed by atoms with E-state index in [2.05, 4.69) is 10.6 Å². The number of benzene rings is 3. The standard InChI is InChI=1S/C24H18ClN3O3/c1-15-8-5-6-13-19(15)28-23(30)20(25)21(24(28)31)26-18-12-7-9-16(14-18)22(29)27-17-10-3-2-4-11-17/h2-14,26H,1H3,(H,27,29). The number of imide groups is 1. The van der Waals surface area contributed by atoms with Crippen LogP contribution in [0.25, 0.3) is 0 Å². The lowest BCUT2D eigenvalue weighted by Gasteiger charge is -2.17. The number of carbonyl (C=O) groups is 3. The summed E-state index contributed by atoms with van der Waals surface area (Å²) in [5.74, 6) is -1.45. The second-order valence-corrected chi connectivity index (χ2v) is 7.33. The molecule has 2 N–H and O–H groups in total. The van der Waals surface area contributed by atoms with Crippen LogP contribution in [0, 0.1) is 6.92 Å². The average molecular weight is 432 g/mol. The molecule has 1 aliphatic rings. The van der Waals surface area contributed by atoms with Gasteiger partial charge in [0.2, 0.25) is 0 Å². The Kier molecular flexibility index (Phi) is 5.56. The van der Waals surface area contributed by atoms with Gasteiger partial charge in [-0.2, -0.15) is 0 Å². The molecule has 0 saturated carbocycles. The van der Waals surface area contributed by atoms with Gasteiger partial charge < -0.3 is 10.6 Å². The van der Waals surface area contributed by atoms with Crippen molar-refractivity contribution in [3.8, 4) is 0 Å². The first kappa shape index (κ1) is 20.4. The van der Waals surface area contributed by atoms with Crippen molar-refractivity contribution in [2.45, 2.75) is 6.92 Å². The number of halogens is 1. The Morgan fingerprint density at radius 3 is 2.26 bits per heavy atom. The van der Waals surface area contributed by atoms with Crippen LogP contribution in [0.3, 0.4) is 0 Å². The molecule has 3 amide bonds. The van der Waals surface area contributed by atoms with E-state index in [9.17, 15) is 14.4 Å². The third-order valence-electron chi connectivity index (χ3n) is 4.81. The van der Waals surface area contributed by atoms with E-state index >= 15 is 0 Å². The molecule has 0 aromatic heterocycles. The lowest BCUT2D eigenvalue weighted by Crippen LogP contribution is -2.32. The molecule has 31 heavy (non-hydrogen) atoms. The van der Waals surface area contributed by atoms with Crippen LogP contribution < -0.4 is 15.5 Å². The monoisotopic (exact) mass is 431 g/mol. The molecular formula is C24H18ClN3O3. The average Bonchev–Trinajstić information content (AvgIpc) is 2.98. The summed E-state index contributed by atoms with van der Waals surface area (Å²) < 4.78 is 0. The summed E-state index contributed by atoms with van der Waals surface area (Å²) in [6.45, 7) is 1.81. The van der Waals surface area contributed by atoms with Crippen LogP contribution in [-0.2, 0) is 9.59 Å². The lowest BCUT2D eigenvalue weighted by molar-refractivity contribution is -0.120. The molecule has 0 aliphatic carbocycles. The number of anilines is 3. The molecule has 0 fully saturated rings. The Bertz CT molecular complexity index is 1220. The Morgan fingerprint density at radius 2 is 1.52 bits per heavy atom. The van der Waals surface area contributed by atoms with Crippen LogP contribution in [0.4, 0.5) is 17.1 Å². The van der Waals surface area contributed by atoms with Crippen molar-refractivity contribution < 1.29 is 14.4 Å². The van der Waals surface area contributed by atoms with Crippen LogP contribution in [-0.4, -0.2) is 17.7 Å². The van der Waals surface area contributed by atoms with Crippen LogP contribution >= 0.6 is 11.6 Å². The highest BCUT2D eigenvalue weighted by molar-refractivity contribution is 6.53. The molecular weight excluding hydrogens is 414 g/mol. The van der Waals surface area contributed by atoms with Crippen molar-refractivity contribution in [3.63, 3.8) is 0 Å². The molecule has 0 atom stereocenters. The van der Waals surface area contributed by atoms with Crippen molar-refractivity contribution in [2.24, 2.45) is 0 Å². The first-order chi connectivity index (χ1) is 15.0. The van der Waals surface area contributed by atoms with Gasteiger partial charge in [-0.25, -0.2) is 4.90 Å². The Labute approximate surface area is 184 Å². The zero-order chi connectivity index (χ0) is 22.0. The number of nitrogens with one attached hydrogen (secondary N) is 2. The van der Waals surface area contributed by atoms with Crippen molar-refractivity contribution in [1.82, 2.24) is 0 Å². The summed E-state index contributed by atoms with van der Waals surface area (Å²) >= 11 is 6.21. The summed E-state index contributed by atoms with van der Waals surface area (Å²) in [5.41, 5.74) is 2.73. The molecule has 1 heterocycles. The van der Waals surface area contributed by atoms with Gasteiger partial charge in [0.25, 0.3) is 17.7 Å². The van der Waals surface area contributed by atoms with Crippen molar-refractivity contribution >= 4 is 46.4 Å². The molecule has 0 unspecified atom stereocenters. The number of nitrogens with zero attached hydrogens (tertiary/aromatic N) is 1. The Hall–Kier alpha value is -3.90. The van der Waals surface area contributed by atoms with E-state index in [-0.39, 0.29) is 16.6 Å². The SMILES string of the molecule is Cc1ccccc1N1C(=O)C(Cl)=C(Nc2cccc(C(=O)Nc3ccccc3)c2)C1=O. The topological polar surface area (TPSA) is 78.5 Å². The van der Waals surface area contributed by atoms with Gasteiger partial charge in [0, 0.05) is 16.9 Å². The summed E-state index contributed by atoms with van der Waals surface area (Å²) in [6, 6.07) is 22.7. The number of para-hydroxylation sites is 2. The third kappa shape index (κ3) is 4.06. The summed E-state index contributed by atoms with van der Waals surface area (Å²) in [4.78, 5) is 39.2. The molecule has 3 aromatic rings. The first-order valence-electron chi connectivity index (χ1n) is 9.53. The minimum Gasteiger partial charge on any atom is -0.350 e. The van der Waals surface area contributed by atoms with E-state index in [1.165, 1.54) is 0 Å². The van der Waals surface area contributed by atoms with E-state index in [0.29, 0.717) is 22.6 Å². The maximum absolute atomic E-state index is 13.0. The maximum atomic E-state index is 13.0. The number of carbonyl (C=O) groups excluding carboxylic acids is 3. The molecule has 0 spiro atoms. The fourth-order valence-corrected chi connectivity index (χ4v) is 3.46. The number of hydrogen-bond acceptors (Lipinski definition) is 4. The predicted molar refractivity (Wildman–Crippen MR) is 121 cm³/mol. The molecule has 4 rings (SSSR count). The first-order valence-corrected chi connectivity index (χ1v) is 9.91. The molecule has 0 saturated heterocycles. The van der Waals surface area contributed by atoms with E-state index in [1.807, 2.05) is 37.3 Å². The van der Waals surface area contributed by atoms with E-state index in [1.54, 1.807) is 48.5 Å². The zero-order valence-electron chi connectivity index (χ0n) is 16.6. The fraction of sp³-hybridized carbons (Fsp3) is 0.0417. The van der Waals surface area contributed by atoms with Gasteiger partial charge in [0.15, 0.2) is 0 Å². The highest BCUT2D eigenvalue weighted by atomic mass is 35.5. The molecule has 0 bridgehead atoms. The van der Waals surface area contributed by atoms with Gasteiger partial charge in [0.05, 0.1) is 5.69 Å². The summed E-state index contributed by atoms with van der Waals surface area (Å²) in [6.07, 6.45) is 0. The Balaban J connectivity index is 1.56. The van der Waals surface area contributed by atoms with Gasteiger partial charge in [-0.05, 0) is 48.9 Å². The minimum atomic E-state index is -0.596. The van der Waals surface area contributed by atoms with Gasteiger partial charge in [-0.15, -0.1) is 0 Å². The molecule has 1 aliphatic heterocycles. The number of amides is 3. The van der Waals surface area contributed by atoms with Crippen molar-refractivity contribution in [3.05, 3.63) is 101 Å². The molecule has 0 radical (unpaired) electrons. The molecule has 3 aromatic carbocycles. The molecule has 7 heteroatoms. The minimum absolute atomic E-state index is 0.0319. The van der Waals surface area contributed by atoms with Crippen LogP contribution in [0.1, 0.15) is 15.9 Å². The second kappa shape index (κ2) is 8.45. The van der Waals surface area contributed by atoms with Crippen molar-refractivity contribution in [2.75, 3.05) is 15.5 Å². The van der Waals surface area contributed by atoms with Gasteiger partial charge in [-0.3, -0.25) is 14.4 Å². The maximum Gasteiger partial charge on any atom is 0.283 e. The molecule has 154 valence electrons. The zero-order valence-corrected chi connectivity index (χ0v) is 17.3. The van der Waals surface area contributed by atoms with Crippen LogP contribution in [0.5, 0.6) is 0 Å². The summed E-state index contributed by atoms with van der Waals surface area (Å²) in [5, 5.41) is 5.51. The van der Waals surface area contributed by atoms with Crippen molar-refractivity contribution in [1.29, 1.82) is 0 Å². The van der Waals surface area contributed by atoms with Gasteiger partial charge in [-0.1, -0.05) is 54.1 Å². The fourth-order valence-electron chi connectivity index (χ4n) is 3.25. The van der Waals surface area contributed by atoms with Gasteiger partial charge in [0.1, 0.15) is 10.7 Å². The number of aryl methyl sites for hydroxylation is 1. The van der Waals surface area contributed by atoms with E-state index in [4.69, 9.17) is 11.6 Å². The van der Waals surface area contributed by atoms with Crippen LogP contribution in [0.15, 0.2) is 89.6 Å². The van der Waals surface area contributed by atoms with Gasteiger partial charge >= 0.3 is 0 Å². The highest BCUT2D eigenvalue weighted by Crippen LogP contribution is 2.31. The van der Waals surface area contributed by atoms with E-state index < -0.39 is 11.8 Å². The number of hydrogen-bond donors (Lipinski definition) is 2. The highest BCUT2D eigenvalue weighted by Gasteiger charge is 2.39.